The van der Waals surface area contributed by atoms with Crippen molar-refractivity contribution in [3.63, 3.8) is 0 Å². The van der Waals surface area contributed by atoms with Gasteiger partial charge >= 0.3 is 6.01 Å². The molecule has 1 unspecified atom stereocenters. The predicted octanol–water partition coefficient (Wildman–Crippen LogP) is 2.21. The summed E-state index contributed by atoms with van der Waals surface area (Å²) in [5, 5.41) is 3.41. The number of nitrogens with one attached hydrogen (secondary N) is 1. The van der Waals surface area contributed by atoms with Gasteiger partial charge in [-0.2, -0.15) is 15.0 Å². The molecule has 0 radical (unpaired) electrons. The van der Waals surface area contributed by atoms with Crippen LogP contribution in [0.1, 0.15) is 33.1 Å². The van der Waals surface area contributed by atoms with Gasteiger partial charge in [0.05, 0.1) is 6.61 Å². The number of halogens is 1. The van der Waals surface area contributed by atoms with Gasteiger partial charge in [0.2, 0.25) is 11.2 Å². The minimum atomic E-state index is 0.149. The van der Waals surface area contributed by atoms with E-state index >= 15 is 0 Å². The Morgan fingerprint density at radius 2 is 2.00 bits per heavy atom. The lowest BCUT2D eigenvalue weighted by Gasteiger charge is -2.29. The summed E-state index contributed by atoms with van der Waals surface area (Å²) in [5.41, 5.74) is 0. The highest BCUT2D eigenvalue weighted by Gasteiger charge is 2.15. The quantitative estimate of drug-likeness (QED) is 0.869. The third-order valence-corrected chi connectivity index (χ3v) is 3.39. The smallest absolute Gasteiger partial charge is 0.322 e. The molecule has 1 aromatic rings. The van der Waals surface area contributed by atoms with E-state index in [1.807, 2.05) is 6.92 Å². The van der Waals surface area contributed by atoms with Gasteiger partial charge in [-0.15, -0.1) is 0 Å². The molecular weight excluding hydrogens is 278 g/mol. The van der Waals surface area contributed by atoms with Crippen molar-refractivity contribution >= 4 is 17.5 Å². The molecule has 0 aromatic carbocycles. The molecule has 0 spiro atoms. The molecule has 1 fully saturated rings. The third-order valence-electron chi connectivity index (χ3n) is 3.22. The number of likely N-dealkylation sites (tertiary alicyclic amines) is 1. The van der Waals surface area contributed by atoms with E-state index in [1.165, 1.54) is 32.4 Å². The monoisotopic (exact) mass is 299 g/mol. The summed E-state index contributed by atoms with van der Waals surface area (Å²) >= 11 is 5.87. The van der Waals surface area contributed by atoms with E-state index in [0.717, 1.165) is 6.54 Å². The van der Waals surface area contributed by atoms with Crippen molar-refractivity contribution < 1.29 is 4.74 Å². The molecule has 0 aliphatic carbocycles. The van der Waals surface area contributed by atoms with Gasteiger partial charge in [0.1, 0.15) is 0 Å². The number of hydrogen-bond acceptors (Lipinski definition) is 6. The first-order valence-electron chi connectivity index (χ1n) is 7.20. The fourth-order valence-electron chi connectivity index (χ4n) is 2.39. The van der Waals surface area contributed by atoms with Crippen molar-refractivity contribution in [2.24, 2.45) is 0 Å². The zero-order valence-corrected chi connectivity index (χ0v) is 12.9. The number of rotatable bonds is 6. The van der Waals surface area contributed by atoms with Crippen molar-refractivity contribution in [2.45, 2.75) is 39.2 Å². The fraction of sp³-hybridized carbons (Fsp3) is 0.769. The molecule has 1 N–H and O–H groups in total. The number of piperidine rings is 1. The van der Waals surface area contributed by atoms with E-state index in [4.69, 9.17) is 16.3 Å². The number of nitrogens with zero attached hydrogens (tertiary/aromatic N) is 4. The largest absolute Gasteiger partial charge is 0.464 e. The van der Waals surface area contributed by atoms with Crippen LogP contribution in [0.3, 0.4) is 0 Å². The Hall–Kier alpha value is -1.14. The van der Waals surface area contributed by atoms with Crippen molar-refractivity contribution in [3.05, 3.63) is 5.28 Å². The van der Waals surface area contributed by atoms with Gasteiger partial charge in [0, 0.05) is 12.6 Å². The van der Waals surface area contributed by atoms with E-state index in [0.29, 0.717) is 12.6 Å². The maximum absolute atomic E-state index is 5.87. The van der Waals surface area contributed by atoms with E-state index < -0.39 is 0 Å². The summed E-state index contributed by atoms with van der Waals surface area (Å²) in [5.74, 6) is 0.470. The van der Waals surface area contributed by atoms with Gasteiger partial charge in [-0.05, 0) is 51.4 Å². The van der Waals surface area contributed by atoms with Crippen LogP contribution in [-0.2, 0) is 0 Å². The molecular formula is C13H22ClN5O. The van der Waals surface area contributed by atoms with Crippen LogP contribution in [0.4, 0.5) is 5.95 Å². The van der Waals surface area contributed by atoms with Crippen LogP contribution < -0.4 is 10.1 Å². The minimum Gasteiger partial charge on any atom is -0.464 e. The van der Waals surface area contributed by atoms with Gasteiger partial charge in [-0.3, -0.25) is 0 Å². The van der Waals surface area contributed by atoms with E-state index in [2.05, 4.69) is 32.1 Å². The zero-order chi connectivity index (χ0) is 14.4. The van der Waals surface area contributed by atoms with Gasteiger partial charge in [0.15, 0.2) is 0 Å². The molecule has 1 atom stereocenters. The Kier molecular flexibility index (Phi) is 5.79. The minimum absolute atomic E-state index is 0.149. The molecule has 2 heterocycles. The van der Waals surface area contributed by atoms with Gasteiger partial charge in [-0.1, -0.05) is 6.42 Å². The van der Waals surface area contributed by atoms with Crippen LogP contribution in [0.25, 0.3) is 0 Å². The first kappa shape index (κ1) is 15.3. The first-order valence-corrected chi connectivity index (χ1v) is 7.58. The molecule has 1 aliphatic rings. The lowest BCUT2D eigenvalue weighted by molar-refractivity contribution is 0.223. The summed E-state index contributed by atoms with van der Waals surface area (Å²) < 4.78 is 5.26. The molecule has 0 bridgehead atoms. The molecule has 20 heavy (non-hydrogen) atoms. The van der Waals surface area contributed by atoms with E-state index in [9.17, 15) is 0 Å². The zero-order valence-electron chi connectivity index (χ0n) is 12.1. The van der Waals surface area contributed by atoms with Crippen LogP contribution in [0.15, 0.2) is 0 Å². The molecule has 1 aliphatic heterocycles. The van der Waals surface area contributed by atoms with Crippen LogP contribution in [0.5, 0.6) is 6.01 Å². The Morgan fingerprint density at radius 3 is 2.70 bits per heavy atom. The molecule has 1 saturated heterocycles. The second-order valence-electron chi connectivity index (χ2n) is 5.05. The molecule has 2 rings (SSSR count). The number of anilines is 1. The lowest BCUT2D eigenvalue weighted by Crippen LogP contribution is -2.38. The third kappa shape index (κ3) is 4.76. The van der Waals surface area contributed by atoms with Crippen molar-refractivity contribution in [1.29, 1.82) is 0 Å². The molecule has 1 aromatic heterocycles. The molecule has 6 nitrogen and oxygen atoms in total. The standard InChI is InChI=1S/C13H22ClN5O/c1-3-20-13-17-11(14)16-12(18-13)15-10(2)9-19-7-5-4-6-8-19/h10H,3-9H2,1-2H3,(H,15,16,17,18). The van der Waals surface area contributed by atoms with Crippen LogP contribution in [-0.4, -0.2) is 52.1 Å². The Labute approximate surface area is 124 Å². The Morgan fingerprint density at radius 1 is 1.25 bits per heavy atom. The molecule has 7 heteroatoms. The van der Waals surface area contributed by atoms with Crippen LogP contribution in [0, 0.1) is 0 Å². The van der Waals surface area contributed by atoms with Crippen molar-refractivity contribution in [1.82, 2.24) is 19.9 Å². The highest BCUT2D eigenvalue weighted by molar-refractivity contribution is 6.28. The summed E-state index contributed by atoms with van der Waals surface area (Å²) in [4.78, 5) is 14.7. The van der Waals surface area contributed by atoms with Crippen LogP contribution in [0.2, 0.25) is 5.28 Å². The SMILES string of the molecule is CCOc1nc(Cl)nc(NC(C)CN2CCCCC2)n1. The number of ether oxygens (including phenoxy) is 1. The van der Waals surface area contributed by atoms with Crippen molar-refractivity contribution in [3.8, 4) is 6.01 Å². The number of hydrogen-bond donors (Lipinski definition) is 1. The Balaban J connectivity index is 1.90. The topological polar surface area (TPSA) is 63.2 Å². The lowest BCUT2D eigenvalue weighted by atomic mass is 10.1. The highest BCUT2D eigenvalue weighted by atomic mass is 35.5. The predicted molar refractivity (Wildman–Crippen MR) is 79.4 cm³/mol. The second kappa shape index (κ2) is 7.59. The second-order valence-corrected chi connectivity index (χ2v) is 5.39. The summed E-state index contributed by atoms with van der Waals surface area (Å²) in [6, 6.07) is 0.515. The van der Waals surface area contributed by atoms with Crippen molar-refractivity contribution in [2.75, 3.05) is 31.6 Å². The van der Waals surface area contributed by atoms with Gasteiger partial charge < -0.3 is 15.0 Å². The molecule has 112 valence electrons. The number of aromatic nitrogens is 3. The summed E-state index contributed by atoms with van der Waals surface area (Å²) in [6.07, 6.45) is 3.93. The van der Waals surface area contributed by atoms with Gasteiger partial charge in [-0.25, -0.2) is 0 Å². The maximum atomic E-state index is 5.87. The first-order chi connectivity index (χ1) is 9.67. The van der Waals surface area contributed by atoms with Gasteiger partial charge in [0.25, 0.3) is 0 Å². The van der Waals surface area contributed by atoms with Crippen LogP contribution >= 0.6 is 11.6 Å². The molecule has 0 amide bonds. The highest BCUT2D eigenvalue weighted by Crippen LogP contribution is 2.13. The average molecular weight is 300 g/mol. The Bertz CT molecular complexity index is 425. The maximum Gasteiger partial charge on any atom is 0.322 e. The van der Waals surface area contributed by atoms with E-state index in [1.54, 1.807) is 0 Å². The summed E-state index contributed by atoms with van der Waals surface area (Å²) in [7, 11) is 0. The summed E-state index contributed by atoms with van der Waals surface area (Å²) in [6.45, 7) is 7.83. The molecule has 0 saturated carbocycles. The fourth-order valence-corrected chi connectivity index (χ4v) is 2.54. The normalized spacial score (nSPS) is 17.8. The van der Waals surface area contributed by atoms with E-state index in [-0.39, 0.29) is 17.3 Å². The average Bonchev–Trinajstić information content (AvgIpc) is 2.39.